The Morgan fingerprint density at radius 1 is 1.12 bits per heavy atom. The fourth-order valence-corrected chi connectivity index (χ4v) is 3.24. The van der Waals surface area contributed by atoms with Gasteiger partial charge in [-0.15, -0.1) is 0 Å². The van der Waals surface area contributed by atoms with Crippen molar-refractivity contribution in [2.45, 2.75) is 44.3 Å². The highest BCUT2D eigenvalue weighted by molar-refractivity contribution is 7.90. The minimum Gasteiger partial charge on any atom is -0.372 e. The zero-order valence-corrected chi connectivity index (χ0v) is 11.5. The maximum atomic E-state index is 11.7. The predicted molar refractivity (Wildman–Crippen MR) is 66.7 cm³/mol. The first-order valence-corrected chi connectivity index (χ1v) is 7.53. The van der Waals surface area contributed by atoms with Crippen LogP contribution in [0.4, 0.5) is 0 Å². The third kappa shape index (κ3) is 2.24. The minimum atomic E-state index is -3.17. The van der Waals surface area contributed by atoms with Gasteiger partial charge in [-0.1, -0.05) is 26.8 Å². The Hall–Kier alpha value is -0.870. The molecule has 0 atom stereocenters. The van der Waals surface area contributed by atoms with E-state index in [1.165, 1.54) is 11.8 Å². The van der Waals surface area contributed by atoms with Gasteiger partial charge >= 0.3 is 0 Å². The Labute approximate surface area is 103 Å². The summed E-state index contributed by atoms with van der Waals surface area (Å²) >= 11 is 0. The quantitative estimate of drug-likeness (QED) is 0.773. The normalized spacial score (nSPS) is 16.0. The molecule has 1 aliphatic heterocycles. The molecule has 2 rings (SSSR count). The van der Waals surface area contributed by atoms with Crippen molar-refractivity contribution in [2.75, 3.05) is 6.26 Å². The zero-order chi connectivity index (χ0) is 12.8. The molecule has 1 heterocycles. The summed E-state index contributed by atoms with van der Waals surface area (Å²) in [6.07, 6.45) is 1.25. The zero-order valence-electron chi connectivity index (χ0n) is 10.7. The van der Waals surface area contributed by atoms with Gasteiger partial charge in [-0.2, -0.15) is 0 Å². The average molecular weight is 254 g/mol. The highest BCUT2D eigenvalue weighted by Gasteiger charge is 2.27. The second-order valence-corrected chi connectivity index (χ2v) is 7.57. The summed E-state index contributed by atoms with van der Waals surface area (Å²) in [5.74, 6) is 0. The second kappa shape index (κ2) is 3.82. The van der Waals surface area contributed by atoms with Crippen molar-refractivity contribution in [2.24, 2.45) is 0 Å². The number of hydrogen-bond acceptors (Lipinski definition) is 3. The van der Waals surface area contributed by atoms with Gasteiger partial charge in [0, 0.05) is 11.8 Å². The predicted octanol–water partition coefficient (Wildman–Crippen LogP) is 2.42. The van der Waals surface area contributed by atoms with Gasteiger partial charge in [0.15, 0.2) is 9.84 Å². The standard InChI is InChI=1S/C13H18O3S/c1-13(2,3)11-5-6-12(17(4,14)15)10-8-16-7-9(10)11/h5-6H,7-8H2,1-4H3. The molecule has 0 unspecified atom stereocenters. The smallest absolute Gasteiger partial charge is 0.175 e. The van der Waals surface area contributed by atoms with E-state index in [1.54, 1.807) is 6.07 Å². The molecule has 0 N–H and O–H groups in total. The summed E-state index contributed by atoms with van der Waals surface area (Å²) in [5.41, 5.74) is 3.09. The molecule has 0 radical (unpaired) electrons. The summed E-state index contributed by atoms with van der Waals surface area (Å²) in [7, 11) is -3.17. The van der Waals surface area contributed by atoms with E-state index in [0.717, 1.165) is 11.1 Å². The summed E-state index contributed by atoms with van der Waals surface area (Å²) in [5, 5.41) is 0. The Bertz CT molecular complexity index is 551. The van der Waals surface area contributed by atoms with E-state index < -0.39 is 9.84 Å². The van der Waals surface area contributed by atoms with Crippen molar-refractivity contribution < 1.29 is 13.2 Å². The number of hydrogen-bond donors (Lipinski definition) is 0. The van der Waals surface area contributed by atoms with E-state index >= 15 is 0 Å². The average Bonchev–Trinajstić information content (AvgIpc) is 2.60. The lowest BCUT2D eigenvalue weighted by Gasteiger charge is -2.23. The van der Waals surface area contributed by atoms with Crippen molar-refractivity contribution in [3.05, 3.63) is 28.8 Å². The van der Waals surface area contributed by atoms with Gasteiger partial charge < -0.3 is 4.74 Å². The van der Waals surface area contributed by atoms with Gasteiger partial charge in [-0.3, -0.25) is 0 Å². The molecule has 0 aliphatic carbocycles. The van der Waals surface area contributed by atoms with E-state index in [9.17, 15) is 8.42 Å². The number of sulfone groups is 1. The van der Waals surface area contributed by atoms with Crippen LogP contribution >= 0.6 is 0 Å². The van der Waals surface area contributed by atoms with Gasteiger partial charge in [0.1, 0.15) is 0 Å². The first-order valence-electron chi connectivity index (χ1n) is 5.64. The number of rotatable bonds is 1. The first kappa shape index (κ1) is 12.6. The van der Waals surface area contributed by atoms with Crippen LogP contribution in [0.25, 0.3) is 0 Å². The van der Waals surface area contributed by atoms with Crippen LogP contribution in [0.2, 0.25) is 0 Å². The summed E-state index contributed by atoms with van der Waals surface area (Å²) < 4.78 is 28.8. The molecule has 0 aromatic heterocycles. The molecule has 0 fully saturated rings. The van der Waals surface area contributed by atoms with E-state index in [1.807, 2.05) is 6.07 Å². The van der Waals surface area contributed by atoms with Gasteiger partial charge in [0.2, 0.25) is 0 Å². The molecule has 1 aromatic carbocycles. The molecule has 17 heavy (non-hydrogen) atoms. The van der Waals surface area contributed by atoms with Crippen LogP contribution in [0.15, 0.2) is 17.0 Å². The summed E-state index contributed by atoms with van der Waals surface area (Å²) in [4.78, 5) is 0.415. The second-order valence-electron chi connectivity index (χ2n) is 5.58. The van der Waals surface area contributed by atoms with Crippen LogP contribution in [0, 0.1) is 0 Å². The molecule has 94 valence electrons. The van der Waals surface area contributed by atoms with Crippen LogP contribution < -0.4 is 0 Å². The molecule has 0 saturated carbocycles. The van der Waals surface area contributed by atoms with Crippen LogP contribution in [-0.2, 0) is 33.2 Å². The van der Waals surface area contributed by atoms with E-state index in [-0.39, 0.29) is 5.41 Å². The number of ether oxygens (including phenoxy) is 1. The molecule has 1 aromatic rings. The Morgan fingerprint density at radius 2 is 1.71 bits per heavy atom. The lowest BCUT2D eigenvalue weighted by Crippen LogP contribution is -2.15. The molecule has 0 amide bonds. The van der Waals surface area contributed by atoms with E-state index in [2.05, 4.69) is 20.8 Å². The Kier molecular flexibility index (Phi) is 2.83. The molecule has 3 nitrogen and oxygen atoms in total. The summed E-state index contributed by atoms with van der Waals surface area (Å²) in [6, 6.07) is 3.63. The molecule has 0 saturated heterocycles. The fraction of sp³-hybridized carbons (Fsp3) is 0.538. The maximum absolute atomic E-state index is 11.7. The molecular formula is C13H18O3S. The number of benzene rings is 1. The molecule has 4 heteroatoms. The molecule has 0 spiro atoms. The SMILES string of the molecule is CC(C)(C)c1ccc(S(C)(=O)=O)c2c1COC2. The highest BCUT2D eigenvalue weighted by atomic mass is 32.2. The lowest BCUT2D eigenvalue weighted by molar-refractivity contribution is 0.133. The highest BCUT2D eigenvalue weighted by Crippen LogP contribution is 2.35. The van der Waals surface area contributed by atoms with E-state index in [0.29, 0.717) is 18.1 Å². The van der Waals surface area contributed by atoms with Crippen molar-refractivity contribution in [1.29, 1.82) is 0 Å². The Balaban J connectivity index is 2.70. The van der Waals surface area contributed by atoms with Crippen molar-refractivity contribution in [1.82, 2.24) is 0 Å². The third-order valence-corrected chi connectivity index (χ3v) is 4.27. The largest absolute Gasteiger partial charge is 0.372 e. The van der Waals surface area contributed by atoms with Gasteiger partial charge in [-0.05, 0) is 22.6 Å². The van der Waals surface area contributed by atoms with Crippen LogP contribution in [-0.4, -0.2) is 14.7 Å². The molecule has 0 bridgehead atoms. The monoisotopic (exact) mass is 254 g/mol. The van der Waals surface area contributed by atoms with Crippen molar-refractivity contribution in [3.63, 3.8) is 0 Å². The topological polar surface area (TPSA) is 43.4 Å². The maximum Gasteiger partial charge on any atom is 0.175 e. The van der Waals surface area contributed by atoms with Crippen LogP contribution in [0.5, 0.6) is 0 Å². The Morgan fingerprint density at radius 3 is 2.24 bits per heavy atom. The molecular weight excluding hydrogens is 236 g/mol. The van der Waals surface area contributed by atoms with Gasteiger partial charge in [0.25, 0.3) is 0 Å². The van der Waals surface area contributed by atoms with E-state index in [4.69, 9.17) is 4.74 Å². The third-order valence-electron chi connectivity index (χ3n) is 3.09. The van der Waals surface area contributed by atoms with Crippen molar-refractivity contribution in [3.8, 4) is 0 Å². The van der Waals surface area contributed by atoms with Gasteiger partial charge in [-0.25, -0.2) is 8.42 Å². The fourth-order valence-electron chi connectivity index (χ4n) is 2.30. The van der Waals surface area contributed by atoms with Gasteiger partial charge in [0.05, 0.1) is 18.1 Å². The van der Waals surface area contributed by atoms with Crippen LogP contribution in [0.1, 0.15) is 37.5 Å². The first-order chi connectivity index (χ1) is 7.71. The van der Waals surface area contributed by atoms with Crippen molar-refractivity contribution >= 4 is 9.84 Å². The summed E-state index contributed by atoms with van der Waals surface area (Å²) in [6.45, 7) is 7.30. The minimum absolute atomic E-state index is 0.00775. The lowest BCUT2D eigenvalue weighted by atomic mass is 9.83. The molecule has 1 aliphatic rings. The number of fused-ring (bicyclic) bond motifs is 1. The van der Waals surface area contributed by atoms with Crippen LogP contribution in [0.3, 0.4) is 0 Å².